The van der Waals surface area contributed by atoms with Gasteiger partial charge in [-0.2, -0.15) is 0 Å². The molecule has 0 spiro atoms. The lowest BCUT2D eigenvalue weighted by molar-refractivity contribution is -0.356. The predicted molar refractivity (Wildman–Crippen MR) is 265 cm³/mol. The van der Waals surface area contributed by atoms with Crippen LogP contribution in [0.2, 0.25) is 0 Å². The number of esters is 2. The smallest absolute Gasteiger partial charge is 0.303 e. The van der Waals surface area contributed by atoms with Crippen molar-refractivity contribution < 1.29 is 66.5 Å². The van der Waals surface area contributed by atoms with Gasteiger partial charge in [0.05, 0.1) is 50.8 Å². The quantitative estimate of drug-likeness (QED) is 0.0258. The Morgan fingerprint density at radius 2 is 0.918 bits per heavy atom. The molecule has 19 heteroatoms. The number of rotatable bonds is 20. The number of carbonyl (C=O) groups excluding carboxylic acids is 4. The van der Waals surface area contributed by atoms with Gasteiger partial charge < -0.3 is 47.4 Å². The molecule has 73 heavy (non-hydrogen) atoms. The van der Waals surface area contributed by atoms with Crippen LogP contribution in [0.5, 0.6) is 0 Å². The van der Waals surface area contributed by atoms with Gasteiger partial charge in [-0.05, 0) is 34.4 Å². The average Bonchev–Trinajstić information content (AvgIpc) is 3.63. The van der Waals surface area contributed by atoms with E-state index in [0.29, 0.717) is 5.56 Å². The van der Waals surface area contributed by atoms with Crippen molar-refractivity contribution in [2.45, 2.75) is 105 Å². The summed E-state index contributed by atoms with van der Waals surface area (Å²) in [4.78, 5) is 56.4. The lowest BCUT2D eigenvalue weighted by atomic mass is 9.93. The maximum Gasteiger partial charge on any atom is 0.303 e. The average molecular weight is 1060 g/mol. The Labute approximate surface area is 437 Å². The van der Waals surface area contributed by atoms with Crippen LogP contribution in [-0.4, -0.2) is 113 Å². The maximum absolute atomic E-state index is 14.6. The van der Waals surface area contributed by atoms with E-state index >= 15 is 0 Å². The highest BCUT2D eigenvalue weighted by Gasteiger charge is 2.59. The van der Waals surface area contributed by atoms with Crippen molar-refractivity contribution in [3.05, 3.63) is 179 Å². The Hall–Kier alpha value is -5.76. The van der Waals surface area contributed by atoms with E-state index in [4.69, 9.17) is 87.6 Å². The second-order valence-electron chi connectivity index (χ2n) is 17.3. The third-order valence-electron chi connectivity index (χ3n) is 12.1. The number of carbonyl (C=O) groups is 4. The number of alkyl halides is 3. The standard InChI is InChI=1S/C54H53Cl3N2O14/c1-33(60)68-45-42(32-65-28-36-19-9-4-10-20-36)71-52(48(69-34(2)61)47(45)67-30-38-23-13-6-14-24-38)72-44-41(31-64-27-35-17-7-3-8-18-35)70-51(73-53(58)54(55,56)57)43(46(44)66-29-37-21-11-5-12-22-37)59-49(62)39-25-15-16-26-40(39)50(59)63/h3-26,41-48,51-52,58H,27-32H2,1-2H3/t41-,42-,43-,44-,45-,46-,47+,48-,51?,52+/m1/s1. The van der Waals surface area contributed by atoms with Crippen LogP contribution in [0, 0.1) is 5.41 Å². The van der Waals surface area contributed by atoms with E-state index in [1.165, 1.54) is 26.0 Å². The first-order valence-electron chi connectivity index (χ1n) is 23.4. The molecular weight excluding hydrogens is 1010 g/mol. The summed E-state index contributed by atoms with van der Waals surface area (Å²) >= 11 is 18.6. The molecule has 2 amide bonds. The van der Waals surface area contributed by atoms with Gasteiger partial charge in [0.25, 0.3) is 15.6 Å². The fourth-order valence-corrected chi connectivity index (χ4v) is 8.93. The summed E-state index contributed by atoms with van der Waals surface area (Å²) in [6.45, 7) is 2.01. The van der Waals surface area contributed by atoms with Crippen LogP contribution in [0.4, 0.5) is 0 Å². The molecule has 5 aromatic rings. The molecule has 0 aromatic heterocycles. The fraction of sp³-hybridized carbons (Fsp3) is 0.352. The van der Waals surface area contributed by atoms with Gasteiger partial charge >= 0.3 is 11.9 Å². The van der Waals surface area contributed by atoms with Gasteiger partial charge in [0.1, 0.15) is 36.6 Å². The molecule has 5 aromatic carbocycles. The van der Waals surface area contributed by atoms with E-state index in [1.807, 2.05) is 121 Å². The molecule has 1 N–H and O–H groups in total. The molecule has 16 nitrogen and oxygen atoms in total. The minimum absolute atomic E-state index is 0.0351. The van der Waals surface area contributed by atoms with Gasteiger partial charge in [-0.25, -0.2) is 0 Å². The molecule has 3 heterocycles. The Morgan fingerprint density at radius 3 is 1.37 bits per heavy atom. The summed E-state index contributed by atoms with van der Waals surface area (Å²) in [5, 5.41) is 8.74. The summed E-state index contributed by atoms with van der Waals surface area (Å²) in [5.41, 5.74) is 3.23. The molecule has 0 aliphatic carbocycles. The minimum atomic E-state index is -2.43. The van der Waals surface area contributed by atoms with E-state index < -0.39 is 94.8 Å². The highest BCUT2D eigenvalue weighted by Crippen LogP contribution is 2.40. The monoisotopic (exact) mass is 1060 g/mol. The van der Waals surface area contributed by atoms with Crippen molar-refractivity contribution in [3.8, 4) is 0 Å². The number of nitrogens with zero attached hydrogens (tertiary/aromatic N) is 1. The number of hydrogen-bond donors (Lipinski definition) is 1. The molecular formula is C54H53Cl3N2O14. The van der Waals surface area contributed by atoms with E-state index in [-0.39, 0.29) is 50.8 Å². The lowest BCUT2D eigenvalue weighted by Crippen LogP contribution is -2.69. The zero-order valence-electron chi connectivity index (χ0n) is 39.7. The first-order chi connectivity index (χ1) is 35.2. The highest BCUT2D eigenvalue weighted by molar-refractivity contribution is 6.76. The molecule has 8 rings (SSSR count). The Morgan fingerprint density at radius 1 is 0.521 bits per heavy atom. The summed E-state index contributed by atoms with van der Waals surface area (Å²) < 4.78 is 62.2. The SMILES string of the molecule is CC(=O)O[C@H]1[C@H](O[C@H]2[C@H](OCc3ccccc3)[C@@H](N3C(=O)c4ccccc4C3=O)C(OC(=N)C(Cl)(Cl)Cl)O[C@@H]2COCc2ccccc2)O[C@H](COCc2ccccc2)[C@@H](OC(C)=O)[C@@H]1OCc1ccccc1. The molecule has 2 saturated heterocycles. The Kier molecular flexibility index (Phi) is 18.3. The fourth-order valence-electron chi connectivity index (χ4n) is 8.80. The number of ether oxygens (including phenoxy) is 10. The molecule has 0 radical (unpaired) electrons. The number of hydrogen-bond acceptors (Lipinski definition) is 15. The number of amides is 2. The number of fused-ring (bicyclic) bond motifs is 1. The molecule has 384 valence electrons. The maximum atomic E-state index is 14.6. The van der Waals surface area contributed by atoms with Gasteiger partial charge in [-0.3, -0.25) is 29.5 Å². The Balaban J connectivity index is 1.25. The highest BCUT2D eigenvalue weighted by atomic mass is 35.6. The zero-order chi connectivity index (χ0) is 51.5. The van der Waals surface area contributed by atoms with Crippen molar-refractivity contribution in [2.75, 3.05) is 13.2 Å². The topological polar surface area (TPSA) is 188 Å². The number of benzene rings is 5. The molecule has 0 bridgehead atoms. The number of nitrogens with one attached hydrogen (secondary N) is 1. The molecule has 2 fully saturated rings. The van der Waals surface area contributed by atoms with Gasteiger partial charge in [0.2, 0.25) is 12.2 Å². The van der Waals surface area contributed by atoms with E-state index in [0.717, 1.165) is 21.6 Å². The molecule has 1 unspecified atom stereocenters. The second kappa shape index (κ2) is 25.0. The van der Waals surface area contributed by atoms with Crippen molar-refractivity contribution in [1.82, 2.24) is 4.90 Å². The molecule has 3 aliphatic rings. The third kappa shape index (κ3) is 13.7. The third-order valence-corrected chi connectivity index (χ3v) is 12.6. The summed E-state index contributed by atoms with van der Waals surface area (Å²) in [6.07, 6.45) is -12.7. The van der Waals surface area contributed by atoms with Gasteiger partial charge in [-0.1, -0.05) is 168 Å². The summed E-state index contributed by atoms with van der Waals surface area (Å²) in [5.74, 6) is -3.83. The Bertz CT molecular complexity index is 2610. The largest absolute Gasteiger partial charge is 0.457 e. The van der Waals surface area contributed by atoms with E-state index in [9.17, 15) is 19.2 Å². The van der Waals surface area contributed by atoms with Crippen LogP contribution in [-0.2, 0) is 83.4 Å². The summed E-state index contributed by atoms with van der Waals surface area (Å²) in [6, 6.07) is 41.5. The first-order valence-corrected chi connectivity index (χ1v) is 24.5. The van der Waals surface area contributed by atoms with Crippen molar-refractivity contribution in [3.63, 3.8) is 0 Å². The van der Waals surface area contributed by atoms with Crippen LogP contribution < -0.4 is 0 Å². The normalized spacial score (nSPS) is 24.9. The minimum Gasteiger partial charge on any atom is -0.457 e. The van der Waals surface area contributed by atoms with Crippen LogP contribution >= 0.6 is 34.8 Å². The zero-order valence-corrected chi connectivity index (χ0v) is 41.9. The number of imide groups is 1. The van der Waals surface area contributed by atoms with Crippen LogP contribution in [0.1, 0.15) is 56.8 Å². The van der Waals surface area contributed by atoms with Gasteiger partial charge in [0.15, 0.2) is 18.5 Å². The molecule has 3 aliphatic heterocycles. The van der Waals surface area contributed by atoms with Gasteiger partial charge in [-0.15, -0.1) is 0 Å². The predicted octanol–water partition coefficient (Wildman–Crippen LogP) is 8.32. The van der Waals surface area contributed by atoms with Crippen LogP contribution in [0.25, 0.3) is 0 Å². The van der Waals surface area contributed by atoms with E-state index in [1.54, 1.807) is 12.1 Å². The summed E-state index contributed by atoms with van der Waals surface area (Å²) in [7, 11) is 0. The van der Waals surface area contributed by atoms with Crippen molar-refractivity contribution in [1.29, 1.82) is 5.41 Å². The number of halogens is 3. The second-order valence-corrected chi connectivity index (χ2v) is 19.6. The van der Waals surface area contributed by atoms with Gasteiger partial charge in [0, 0.05) is 13.8 Å². The van der Waals surface area contributed by atoms with Crippen LogP contribution in [0.15, 0.2) is 146 Å². The molecule has 0 saturated carbocycles. The van der Waals surface area contributed by atoms with Crippen molar-refractivity contribution >= 4 is 64.5 Å². The lowest BCUT2D eigenvalue weighted by Gasteiger charge is -2.51. The first kappa shape index (κ1) is 53.5. The van der Waals surface area contributed by atoms with E-state index in [2.05, 4.69) is 0 Å². The van der Waals surface area contributed by atoms with Crippen molar-refractivity contribution in [2.24, 2.45) is 0 Å². The van der Waals surface area contributed by atoms with Crippen LogP contribution in [0.3, 0.4) is 0 Å². The molecule has 10 atom stereocenters.